The van der Waals surface area contributed by atoms with Crippen LogP contribution in [0.3, 0.4) is 0 Å². The molecular weight excluding hydrogens is 243 g/mol. The monoisotopic (exact) mass is 258 g/mol. The van der Waals surface area contributed by atoms with Crippen LogP contribution < -0.4 is 5.32 Å². The summed E-state index contributed by atoms with van der Waals surface area (Å²) < 4.78 is 13.5. The summed E-state index contributed by atoms with van der Waals surface area (Å²) in [6.45, 7) is 3.42. The number of halogens is 2. The van der Waals surface area contributed by atoms with E-state index in [0.29, 0.717) is 0 Å². The molecule has 0 aromatic heterocycles. The lowest BCUT2D eigenvalue weighted by Gasteiger charge is -2.35. The zero-order valence-electron chi connectivity index (χ0n) is 9.87. The van der Waals surface area contributed by atoms with Gasteiger partial charge in [-0.05, 0) is 19.1 Å². The lowest BCUT2D eigenvalue weighted by atomic mass is 10.1. The van der Waals surface area contributed by atoms with Gasteiger partial charge in [-0.2, -0.15) is 0 Å². The molecule has 1 saturated heterocycles. The quantitative estimate of drug-likeness (QED) is 0.874. The number of benzene rings is 1. The molecule has 0 spiro atoms. The molecule has 17 heavy (non-hydrogen) atoms. The van der Waals surface area contributed by atoms with Gasteiger partial charge in [0.25, 0.3) is 5.91 Å². The summed E-state index contributed by atoms with van der Waals surface area (Å²) in [7, 11) is 1.72. The Kier molecular flexibility index (Phi) is 4.48. The van der Waals surface area contributed by atoms with Crippen molar-refractivity contribution in [3.05, 3.63) is 35.1 Å². The minimum atomic E-state index is -0.449. The van der Waals surface area contributed by atoms with Gasteiger partial charge in [-0.25, -0.2) is 4.39 Å². The second kappa shape index (κ2) is 5.47. The number of aryl methyl sites for hydroxylation is 1. The van der Waals surface area contributed by atoms with Gasteiger partial charge in [-0.3, -0.25) is 4.79 Å². The summed E-state index contributed by atoms with van der Waals surface area (Å²) in [6, 6.07) is 4.79. The molecule has 1 fully saturated rings. The lowest BCUT2D eigenvalue weighted by Crippen LogP contribution is -2.57. The molecule has 1 amide bonds. The fourth-order valence-corrected chi connectivity index (χ4v) is 1.71. The fourth-order valence-electron chi connectivity index (χ4n) is 1.71. The summed E-state index contributed by atoms with van der Waals surface area (Å²) in [4.78, 5) is 13.6. The maximum Gasteiger partial charge on any atom is 0.256 e. The van der Waals surface area contributed by atoms with E-state index >= 15 is 0 Å². The van der Waals surface area contributed by atoms with E-state index < -0.39 is 5.82 Å². The van der Waals surface area contributed by atoms with Gasteiger partial charge in [0.15, 0.2) is 0 Å². The topological polar surface area (TPSA) is 32.3 Å². The van der Waals surface area contributed by atoms with Crippen molar-refractivity contribution in [3.63, 3.8) is 0 Å². The fraction of sp³-hybridized carbons (Fsp3) is 0.417. The highest BCUT2D eigenvalue weighted by Gasteiger charge is 2.27. The van der Waals surface area contributed by atoms with Crippen LogP contribution in [0.5, 0.6) is 0 Å². The molecule has 3 nitrogen and oxygen atoms in total. The smallest absolute Gasteiger partial charge is 0.256 e. The van der Waals surface area contributed by atoms with E-state index in [1.807, 2.05) is 6.92 Å². The molecule has 1 N–H and O–H groups in total. The van der Waals surface area contributed by atoms with E-state index in [4.69, 9.17) is 0 Å². The van der Waals surface area contributed by atoms with Gasteiger partial charge in [0.2, 0.25) is 0 Å². The predicted molar refractivity (Wildman–Crippen MR) is 67.1 cm³/mol. The van der Waals surface area contributed by atoms with Gasteiger partial charge in [-0.1, -0.05) is 11.6 Å². The molecule has 0 bridgehead atoms. The van der Waals surface area contributed by atoms with E-state index in [0.717, 1.165) is 18.7 Å². The van der Waals surface area contributed by atoms with Crippen molar-refractivity contribution in [2.24, 2.45) is 0 Å². The Labute approximate surface area is 106 Å². The van der Waals surface area contributed by atoms with Gasteiger partial charge in [-0.15, -0.1) is 12.4 Å². The molecule has 0 atom stereocenters. The average molecular weight is 259 g/mol. The molecule has 1 heterocycles. The standard InChI is InChI=1S/C12H15FN2O.ClH/c1-8-3-4-11(13)10(5-8)12(16)15(2)9-6-14-7-9;/h3-5,9,14H,6-7H2,1-2H3;1H. The molecule has 2 rings (SSSR count). The Morgan fingerprint density at radius 2 is 2.12 bits per heavy atom. The Balaban J connectivity index is 0.00000144. The number of rotatable bonds is 2. The number of hydrogen-bond acceptors (Lipinski definition) is 2. The van der Waals surface area contributed by atoms with Gasteiger partial charge in [0.05, 0.1) is 11.6 Å². The van der Waals surface area contributed by atoms with Gasteiger partial charge in [0, 0.05) is 20.1 Å². The molecule has 0 saturated carbocycles. The highest BCUT2D eigenvalue weighted by Crippen LogP contribution is 2.14. The van der Waals surface area contributed by atoms with Crippen LogP contribution in [0, 0.1) is 12.7 Å². The van der Waals surface area contributed by atoms with Gasteiger partial charge in [0.1, 0.15) is 5.82 Å². The molecule has 1 aromatic carbocycles. The number of amides is 1. The SMILES string of the molecule is Cc1ccc(F)c(C(=O)N(C)C2CNC2)c1.Cl. The second-order valence-electron chi connectivity index (χ2n) is 4.21. The number of carbonyl (C=O) groups is 1. The van der Waals surface area contributed by atoms with Crippen molar-refractivity contribution < 1.29 is 9.18 Å². The average Bonchev–Trinajstić information content (AvgIpc) is 2.18. The highest BCUT2D eigenvalue weighted by atomic mass is 35.5. The Morgan fingerprint density at radius 1 is 1.47 bits per heavy atom. The maximum atomic E-state index is 13.5. The summed E-state index contributed by atoms with van der Waals surface area (Å²) in [5, 5.41) is 3.09. The molecule has 1 aliphatic rings. The zero-order valence-corrected chi connectivity index (χ0v) is 10.7. The van der Waals surface area contributed by atoms with Crippen molar-refractivity contribution in [1.82, 2.24) is 10.2 Å². The molecule has 94 valence electrons. The van der Waals surface area contributed by atoms with Crippen molar-refractivity contribution in [2.45, 2.75) is 13.0 Å². The van der Waals surface area contributed by atoms with E-state index in [2.05, 4.69) is 5.32 Å². The van der Waals surface area contributed by atoms with Crippen LogP contribution in [-0.2, 0) is 0 Å². The van der Waals surface area contributed by atoms with Crippen molar-refractivity contribution in [2.75, 3.05) is 20.1 Å². The first-order chi connectivity index (χ1) is 7.59. The van der Waals surface area contributed by atoms with Crippen LogP contribution in [0.4, 0.5) is 4.39 Å². The molecular formula is C12H16ClFN2O. The van der Waals surface area contributed by atoms with E-state index in [1.165, 1.54) is 6.07 Å². The molecule has 1 aromatic rings. The first kappa shape index (κ1) is 13.9. The number of nitrogens with one attached hydrogen (secondary N) is 1. The Bertz CT molecular complexity index is 421. The third-order valence-corrected chi connectivity index (χ3v) is 2.98. The third-order valence-electron chi connectivity index (χ3n) is 2.98. The molecule has 0 unspecified atom stereocenters. The third kappa shape index (κ3) is 2.76. The molecule has 5 heteroatoms. The van der Waals surface area contributed by atoms with Crippen molar-refractivity contribution >= 4 is 18.3 Å². The van der Waals surface area contributed by atoms with Gasteiger partial charge < -0.3 is 10.2 Å². The summed E-state index contributed by atoms with van der Waals surface area (Å²) >= 11 is 0. The van der Waals surface area contributed by atoms with Crippen molar-refractivity contribution in [3.8, 4) is 0 Å². The summed E-state index contributed by atoms with van der Waals surface area (Å²) in [5.41, 5.74) is 1.05. The van der Waals surface area contributed by atoms with Crippen LogP contribution in [0.1, 0.15) is 15.9 Å². The van der Waals surface area contributed by atoms with Crippen LogP contribution in [0.15, 0.2) is 18.2 Å². The normalized spacial score (nSPS) is 14.8. The van der Waals surface area contributed by atoms with Gasteiger partial charge >= 0.3 is 0 Å². The predicted octanol–water partition coefficient (Wildman–Crippen LogP) is 1.60. The highest BCUT2D eigenvalue weighted by molar-refractivity contribution is 5.94. The molecule has 0 radical (unpaired) electrons. The van der Waals surface area contributed by atoms with Crippen LogP contribution in [0.25, 0.3) is 0 Å². The largest absolute Gasteiger partial charge is 0.336 e. The Hall–Kier alpha value is -1.13. The number of carbonyl (C=O) groups excluding carboxylic acids is 1. The van der Waals surface area contributed by atoms with E-state index in [1.54, 1.807) is 24.1 Å². The minimum Gasteiger partial charge on any atom is -0.336 e. The molecule has 1 aliphatic heterocycles. The summed E-state index contributed by atoms with van der Waals surface area (Å²) in [6.07, 6.45) is 0. The molecule has 0 aliphatic carbocycles. The van der Waals surface area contributed by atoms with E-state index in [9.17, 15) is 9.18 Å². The zero-order chi connectivity index (χ0) is 11.7. The summed E-state index contributed by atoms with van der Waals surface area (Å²) in [5.74, 6) is -0.692. The minimum absolute atomic E-state index is 0. The lowest BCUT2D eigenvalue weighted by molar-refractivity contribution is 0.0676. The van der Waals surface area contributed by atoms with E-state index in [-0.39, 0.29) is 29.9 Å². The number of likely N-dealkylation sites (N-methyl/N-ethyl adjacent to an activating group) is 1. The van der Waals surface area contributed by atoms with Crippen LogP contribution >= 0.6 is 12.4 Å². The van der Waals surface area contributed by atoms with Crippen LogP contribution in [0.2, 0.25) is 0 Å². The first-order valence-electron chi connectivity index (χ1n) is 5.33. The second-order valence-corrected chi connectivity index (χ2v) is 4.21. The number of hydrogen-bond donors (Lipinski definition) is 1. The maximum absolute atomic E-state index is 13.5. The number of nitrogens with zero attached hydrogens (tertiary/aromatic N) is 1. The first-order valence-corrected chi connectivity index (χ1v) is 5.33. The van der Waals surface area contributed by atoms with Crippen molar-refractivity contribution in [1.29, 1.82) is 0 Å². The van der Waals surface area contributed by atoms with Crippen LogP contribution in [-0.4, -0.2) is 37.0 Å². The Morgan fingerprint density at radius 3 is 2.65 bits per heavy atom.